The van der Waals surface area contributed by atoms with Crippen LogP contribution < -0.4 is 19.6 Å². The van der Waals surface area contributed by atoms with E-state index in [1.54, 1.807) is 0 Å². The number of amidine groups is 1. The number of aliphatic hydroxyl groups excluding tert-OH is 1. The summed E-state index contributed by atoms with van der Waals surface area (Å²) in [6, 6.07) is 10.4. The van der Waals surface area contributed by atoms with Gasteiger partial charge in [-0.25, -0.2) is 4.98 Å². The van der Waals surface area contributed by atoms with E-state index in [0.29, 0.717) is 28.6 Å². The first-order valence-electron chi connectivity index (χ1n) is 9.31. The predicted octanol–water partition coefficient (Wildman–Crippen LogP) is 2.50. The summed E-state index contributed by atoms with van der Waals surface area (Å²) >= 11 is 0. The highest BCUT2D eigenvalue weighted by molar-refractivity contribution is 6.23. The summed E-state index contributed by atoms with van der Waals surface area (Å²) in [5.41, 5.74) is 4.58. The van der Waals surface area contributed by atoms with Gasteiger partial charge in [-0.2, -0.15) is 0 Å². The number of rotatable bonds is 6. The predicted molar refractivity (Wildman–Crippen MR) is 114 cm³/mol. The van der Waals surface area contributed by atoms with E-state index >= 15 is 0 Å². The Balaban J connectivity index is 1.57. The molecule has 0 spiro atoms. The molecule has 10 nitrogen and oxygen atoms in total. The highest BCUT2D eigenvalue weighted by atomic mass is 16.5. The van der Waals surface area contributed by atoms with Crippen molar-refractivity contribution in [2.75, 3.05) is 27.9 Å². The molecule has 1 aliphatic rings. The van der Waals surface area contributed by atoms with E-state index in [0.717, 1.165) is 5.52 Å². The highest BCUT2D eigenvalue weighted by Crippen LogP contribution is 2.38. The Bertz CT molecular complexity index is 1160. The van der Waals surface area contributed by atoms with Crippen LogP contribution in [0.2, 0.25) is 0 Å². The molecule has 10 heteroatoms. The SMILES string of the molecule is COc1cc(C(=O)NN2CC(O)=C(c3nc4ccccc4[nH]3)C2=N)cc(OC)c1OC. The van der Waals surface area contributed by atoms with Crippen LogP contribution in [0.5, 0.6) is 17.2 Å². The second-order valence-electron chi connectivity index (χ2n) is 6.71. The molecule has 31 heavy (non-hydrogen) atoms. The molecule has 0 unspecified atom stereocenters. The Hall–Kier alpha value is -4.21. The standard InChI is InChI=1S/C21H21N5O5/c1-29-15-8-11(9-16(30-2)18(15)31-3)21(28)25-26-10-14(27)17(19(26)22)20-23-12-6-4-5-7-13(12)24-20/h4-9,22,27H,10H2,1-3H3,(H,23,24)(H,25,28). The van der Waals surface area contributed by atoms with Gasteiger partial charge in [-0.05, 0) is 24.3 Å². The van der Waals surface area contributed by atoms with Crippen molar-refractivity contribution < 1.29 is 24.1 Å². The van der Waals surface area contributed by atoms with Crippen molar-refractivity contribution in [2.24, 2.45) is 0 Å². The number of hydrogen-bond acceptors (Lipinski definition) is 7. The first-order chi connectivity index (χ1) is 15.0. The van der Waals surface area contributed by atoms with Gasteiger partial charge in [-0.1, -0.05) is 12.1 Å². The van der Waals surface area contributed by atoms with E-state index in [4.69, 9.17) is 19.6 Å². The Morgan fingerprint density at radius 3 is 2.45 bits per heavy atom. The van der Waals surface area contributed by atoms with Gasteiger partial charge < -0.3 is 24.3 Å². The molecule has 4 rings (SSSR count). The number of aromatic nitrogens is 2. The van der Waals surface area contributed by atoms with Crippen molar-refractivity contribution in [3.8, 4) is 17.2 Å². The van der Waals surface area contributed by atoms with E-state index < -0.39 is 5.91 Å². The Morgan fingerprint density at radius 2 is 1.84 bits per heavy atom. The number of hydrogen-bond donors (Lipinski definition) is 4. The Kier molecular flexibility index (Phi) is 5.12. The number of benzene rings is 2. The lowest BCUT2D eigenvalue weighted by atomic mass is 10.1. The summed E-state index contributed by atoms with van der Waals surface area (Å²) in [7, 11) is 4.38. The van der Waals surface area contributed by atoms with Gasteiger partial charge in [0.1, 0.15) is 17.2 Å². The molecule has 160 valence electrons. The fourth-order valence-electron chi connectivity index (χ4n) is 3.39. The summed E-state index contributed by atoms with van der Waals surface area (Å²) in [6.07, 6.45) is 0. The lowest BCUT2D eigenvalue weighted by Gasteiger charge is -2.20. The topological polar surface area (TPSA) is 133 Å². The summed E-state index contributed by atoms with van der Waals surface area (Å²) in [4.78, 5) is 20.4. The molecule has 3 aromatic rings. The number of aliphatic hydroxyl groups is 1. The minimum absolute atomic E-state index is 0.0681. The molecular formula is C21H21N5O5. The molecule has 0 atom stereocenters. The molecule has 0 saturated carbocycles. The van der Waals surface area contributed by atoms with Gasteiger partial charge in [0, 0.05) is 5.56 Å². The van der Waals surface area contributed by atoms with Crippen LogP contribution in [0.3, 0.4) is 0 Å². The maximum Gasteiger partial charge on any atom is 0.270 e. The van der Waals surface area contributed by atoms with Crippen LogP contribution in [0.4, 0.5) is 0 Å². The third-order valence-electron chi connectivity index (χ3n) is 4.89. The average molecular weight is 423 g/mol. The van der Waals surface area contributed by atoms with Crippen molar-refractivity contribution in [3.05, 3.63) is 53.5 Å². The number of methoxy groups -OCH3 is 3. The summed E-state index contributed by atoms with van der Waals surface area (Å²) in [5, 5.41) is 20.1. The minimum Gasteiger partial charge on any atom is -0.509 e. The van der Waals surface area contributed by atoms with Gasteiger partial charge in [0.05, 0.1) is 38.9 Å². The molecule has 2 heterocycles. The number of carbonyl (C=O) groups is 1. The van der Waals surface area contributed by atoms with Crippen molar-refractivity contribution in [1.29, 1.82) is 5.41 Å². The first kappa shape index (κ1) is 20.1. The van der Waals surface area contributed by atoms with Crippen LogP contribution in [-0.4, -0.2) is 59.7 Å². The van der Waals surface area contributed by atoms with E-state index in [9.17, 15) is 9.90 Å². The number of H-pyrrole nitrogens is 1. The van der Waals surface area contributed by atoms with Gasteiger partial charge in [-0.3, -0.25) is 20.6 Å². The summed E-state index contributed by atoms with van der Waals surface area (Å²) in [5.74, 6) is 0.698. The third-order valence-corrected chi connectivity index (χ3v) is 4.89. The van der Waals surface area contributed by atoms with Crippen LogP contribution in [-0.2, 0) is 0 Å². The number of hydrazine groups is 1. The number of nitrogens with zero attached hydrogens (tertiary/aromatic N) is 2. The minimum atomic E-state index is -0.511. The van der Waals surface area contributed by atoms with Crippen molar-refractivity contribution >= 4 is 28.3 Å². The van der Waals surface area contributed by atoms with Crippen LogP contribution in [0.1, 0.15) is 16.2 Å². The molecular weight excluding hydrogens is 402 g/mol. The lowest BCUT2D eigenvalue weighted by Crippen LogP contribution is -2.43. The second-order valence-corrected chi connectivity index (χ2v) is 6.71. The van der Waals surface area contributed by atoms with Gasteiger partial charge in [0.25, 0.3) is 5.91 Å². The molecule has 1 amide bonds. The first-order valence-corrected chi connectivity index (χ1v) is 9.31. The molecule has 1 aromatic heterocycles. The van der Waals surface area contributed by atoms with Crippen LogP contribution in [0, 0.1) is 5.41 Å². The number of ether oxygens (including phenoxy) is 3. The van der Waals surface area contributed by atoms with Crippen LogP contribution in [0.25, 0.3) is 16.6 Å². The van der Waals surface area contributed by atoms with Crippen molar-refractivity contribution in [1.82, 2.24) is 20.4 Å². The fourth-order valence-corrected chi connectivity index (χ4v) is 3.39. The van der Waals surface area contributed by atoms with Gasteiger partial charge in [0.15, 0.2) is 17.3 Å². The van der Waals surface area contributed by atoms with E-state index in [2.05, 4.69) is 15.4 Å². The smallest absolute Gasteiger partial charge is 0.270 e. The van der Waals surface area contributed by atoms with Crippen molar-refractivity contribution in [2.45, 2.75) is 0 Å². The largest absolute Gasteiger partial charge is 0.509 e. The lowest BCUT2D eigenvalue weighted by molar-refractivity contribution is 0.0873. The molecule has 0 fully saturated rings. The normalized spacial score (nSPS) is 13.6. The molecule has 2 aromatic carbocycles. The average Bonchev–Trinajstić information content (AvgIpc) is 3.32. The number of fused-ring (bicyclic) bond motifs is 1. The molecule has 0 saturated heterocycles. The van der Waals surface area contributed by atoms with E-state index in [1.807, 2.05) is 24.3 Å². The van der Waals surface area contributed by atoms with Crippen LogP contribution >= 0.6 is 0 Å². The summed E-state index contributed by atoms with van der Waals surface area (Å²) < 4.78 is 15.8. The highest BCUT2D eigenvalue weighted by Gasteiger charge is 2.32. The number of aromatic amines is 1. The van der Waals surface area contributed by atoms with E-state index in [-0.39, 0.29) is 29.3 Å². The quantitative estimate of drug-likeness (QED) is 0.479. The number of imidazole rings is 1. The maximum atomic E-state index is 12.8. The molecule has 0 radical (unpaired) electrons. The Morgan fingerprint density at radius 1 is 1.16 bits per heavy atom. The molecule has 4 N–H and O–H groups in total. The summed E-state index contributed by atoms with van der Waals surface area (Å²) in [6.45, 7) is -0.0681. The van der Waals surface area contributed by atoms with Gasteiger partial charge in [-0.15, -0.1) is 0 Å². The monoisotopic (exact) mass is 423 g/mol. The fraction of sp³-hybridized carbons (Fsp3) is 0.190. The molecule has 0 aliphatic carbocycles. The zero-order valence-electron chi connectivity index (χ0n) is 17.1. The van der Waals surface area contributed by atoms with Gasteiger partial charge >= 0.3 is 0 Å². The second kappa shape index (κ2) is 7.90. The maximum absolute atomic E-state index is 12.8. The number of carbonyl (C=O) groups excluding carboxylic acids is 1. The Labute approximate surface area is 177 Å². The van der Waals surface area contributed by atoms with Gasteiger partial charge in [0.2, 0.25) is 5.75 Å². The van der Waals surface area contributed by atoms with Crippen LogP contribution in [0.15, 0.2) is 42.2 Å². The van der Waals surface area contributed by atoms with Crippen molar-refractivity contribution in [3.63, 3.8) is 0 Å². The zero-order chi connectivity index (χ0) is 22.1. The zero-order valence-corrected chi connectivity index (χ0v) is 17.1. The molecule has 0 bridgehead atoms. The number of amides is 1. The number of para-hydroxylation sites is 2. The molecule has 1 aliphatic heterocycles. The third kappa shape index (κ3) is 3.48. The number of nitrogens with one attached hydrogen (secondary N) is 3. The van der Waals surface area contributed by atoms with E-state index in [1.165, 1.54) is 38.5 Å².